The molecule has 4 rings (SSSR count). The van der Waals surface area contributed by atoms with E-state index in [0.29, 0.717) is 26.4 Å². The number of carbonyl (C=O) groups is 2. The quantitative estimate of drug-likeness (QED) is 0.112. The molecule has 0 fully saturated rings. The first-order chi connectivity index (χ1) is 18.2. The molecular formula is C27H19BrClN3O5S. The number of para-hydroxylation sites is 1. The Kier molecular flexibility index (Phi) is 8.57. The van der Waals surface area contributed by atoms with Gasteiger partial charge in [0.05, 0.1) is 27.9 Å². The third kappa shape index (κ3) is 6.86. The topological polar surface area (TPSA) is 114 Å². The lowest BCUT2D eigenvalue weighted by Crippen LogP contribution is -2.21. The van der Waals surface area contributed by atoms with Gasteiger partial charge < -0.3 is 4.74 Å². The van der Waals surface area contributed by atoms with E-state index < -0.39 is 21.9 Å². The summed E-state index contributed by atoms with van der Waals surface area (Å²) in [6.45, 7) is 0. The SMILES string of the molecule is O=C(Oc1ccc(/C=N\NC(=O)c2ccccc2NS(=O)(=O)c2ccc(Cl)cc2)cc1)c1ccccc1Br. The fourth-order valence-corrected chi connectivity index (χ4v) is 4.88. The summed E-state index contributed by atoms with van der Waals surface area (Å²) in [5.41, 5.74) is 3.58. The van der Waals surface area contributed by atoms with Crippen LogP contribution in [0.15, 0.2) is 112 Å². The Morgan fingerprint density at radius 1 is 0.842 bits per heavy atom. The summed E-state index contributed by atoms with van der Waals surface area (Å²) in [7, 11) is -3.95. The summed E-state index contributed by atoms with van der Waals surface area (Å²) in [6.07, 6.45) is 1.40. The zero-order valence-electron chi connectivity index (χ0n) is 19.5. The van der Waals surface area contributed by atoms with E-state index in [4.69, 9.17) is 16.3 Å². The lowest BCUT2D eigenvalue weighted by atomic mass is 10.2. The van der Waals surface area contributed by atoms with Gasteiger partial charge in [0.25, 0.3) is 15.9 Å². The molecule has 0 bridgehead atoms. The molecule has 2 N–H and O–H groups in total. The second kappa shape index (κ2) is 12.0. The number of halogens is 2. The van der Waals surface area contributed by atoms with Gasteiger partial charge in [0, 0.05) is 9.50 Å². The first-order valence-electron chi connectivity index (χ1n) is 11.0. The van der Waals surface area contributed by atoms with Gasteiger partial charge >= 0.3 is 5.97 Å². The standard InChI is InChI=1S/C27H19BrClN3O5S/c28-24-7-3-1-5-22(24)27(34)37-20-13-9-18(10-14-20)17-30-31-26(33)23-6-2-4-8-25(23)32-38(35,36)21-15-11-19(29)12-16-21/h1-17,32H,(H,31,33)/b30-17-. The highest BCUT2D eigenvalue weighted by molar-refractivity contribution is 9.10. The van der Waals surface area contributed by atoms with Gasteiger partial charge in [-0.1, -0.05) is 35.9 Å². The normalized spacial score (nSPS) is 11.2. The highest BCUT2D eigenvalue weighted by Crippen LogP contribution is 2.22. The molecule has 4 aromatic carbocycles. The molecule has 0 aliphatic heterocycles. The molecule has 0 aliphatic rings. The van der Waals surface area contributed by atoms with Gasteiger partial charge in [0.1, 0.15) is 5.75 Å². The summed E-state index contributed by atoms with van der Waals surface area (Å²) in [6, 6.07) is 25.2. The molecule has 0 spiro atoms. The summed E-state index contributed by atoms with van der Waals surface area (Å²) >= 11 is 9.15. The molecule has 1 amide bonds. The van der Waals surface area contributed by atoms with Gasteiger partial charge in [-0.2, -0.15) is 5.10 Å². The Morgan fingerprint density at radius 2 is 1.47 bits per heavy atom. The molecule has 192 valence electrons. The summed E-state index contributed by atoms with van der Waals surface area (Å²) in [4.78, 5) is 25.1. The molecule has 4 aromatic rings. The maximum atomic E-state index is 12.7. The lowest BCUT2D eigenvalue weighted by molar-refractivity contribution is 0.0733. The van der Waals surface area contributed by atoms with E-state index in [1.807, 2.05) is 0 Å². The molecule has 0 aliphatic carbocycles. The number of esters is 1. The predicted molar refractivity (Wildman–Crippen MR) is 149 cm³/mol. The largest absolute Gasteiger partial charge is 0.423 e. The van der Waals surface area contributed by atoms with E-state index in [2.05, 4.69) is 31.2 Å². The van der Waals surface area contributed by atoms with E-state index in [0.717, 1.165) is 0 Å². The van der Waals surface area contributed by atoms with Crippen molar-refractivity contribution < 1.29 is 22.7 Å². The highest BCUT2D eigenvalue weighted by Gasteiger charge is 2.18. The van der Waals surface area contributed by atoms with Gasteiger partial charge in [-0.25, -0.2) is 18.6 Å². The lowest BCUT2D eigenvalue weighted by Gasteiger charge is -2.11. The van der Waals surface area contributed by atoms with Crippen molar-refractivity contribution in [2.24, 2.45) is 5.10 Å². The molecule has 0 saturated heterocycles. The summed E-state index contributed by atoms with van der Waals surface area (Å²) < 4.78 is 33.9. The number of nitrogens with one attached hydrogen (secondary N) is 2. The van der Waals surface area contributed by atoms with Crippen LogP contribution in [-0.2, 0) is 10.0 Å². The van der Waals surface area contributed by atoms with Crippen molar-refractivity contribution in [3.63, 3.8) is 0 Å². The van der Waals surface area contributed by atoms with Crippen LogP contribution >= 0.6 is 27.5 Å². The molecule has 38 heavy (non-hydrogen) atoms. The number of anilines is 1. The van der Waals surface area contributed by atoms with Crippen LogP contribution in [0.25, 0.3) is 0 Å². The van der Waals surface area contributed by atoms with Gasteiger partial charge in [0.15, 0.2) is 0 Å². The minimum atomic E-state index is -3.95. The molecule has 0 heterocycles. The van der Waals surface area contributed by atoms with Crippen molar-refractivity contribution in [3.8, 4) is 5.75 Å². The molecule has 0 unspecified atom stereocenters. The van der Waals surface area contributed by atoms with Crippen LogP contribution in [0.4, 0.5) is 5.69 Å². The number of nitrogens with zero attached hydrogens (tertiary/aromatic N) is 1. The predicted octanol–water partition coefficient (Wildman–Crippen LogP) is 5.89. The number of carbonyl (C=O) groups excluding carboxylic acids is 2. The Labute approximate surface area is 232 Å². The van der Waals surface area contributed by atoms with E-state index in [9.17, 15) is 18.0 Å². The van der Waals surface area contributed by atoms with Crippen LogP contribution in [-0.4, -0.2) is 26.5 Å². The fourth-order valence-electron chi connectivity index (χ4n) is 3.22. The zero-order valence-corrected chi connectivity index (χ0v) is 22.6. The van der Waals surface area contributed by atoms with Crippen molar-refractivity contribution in [1.82, 2.24) is 5.43 Å². The fraction of sp³-hybridized carbons (Fsp3) is 0. The minimum Gasteiger partial charge on any atom is -0.423 e. The number of sulfonamides is 1. The van der Waals surface area contributed by atoms with Crippen molar-refractivity contribution in [2.75, 3.05) is 4.72 Å². The van der Waals surface area contributed by atoms with E-state index in [1.165, 1.54) is 42.6 Å². The van der Waals surface area contributed by atoms with Crippen LogP contribution in [0.1, 0.15) is 26.3 Å². The van der Waals surface area contributed by atoms with Crippen LogP contribution < -0.4 is 14.9 Å². The number of ether oxygens (including phenoxy) is 1. The number of rotatable bonds is 8. The van der Waals surface area contributed by atoms with E-state index in [1.54, 1.807) is 60.7 Å². The van der Waals surface area contributed by atoms with Crippen molar-refractivity contribution in [2.45, 2.75) is 4.90 Å². The zero-order chi connectivity index (χ0) is 27.1. The van der Waals surface area contributed by atoms with E-state index in [-0.39, 0.29) is 16.1 Å². The van der Waals surface area contributed by atoms with Gasteiger partial charge in [0.2, 0.25) is 0 Å². The Bertz CT molecular complexity index is 1610. The van der Waals surface area contributed by atoms with Gasteiger partial charge in [-0.3, -0.25) is 9.52 Å². The second-order valence-electron chi connectivity index (χ2n) is 7.74. The van der Waals surface area contributed by atoms with Crippen LogP contribution in [0.3, 0.4) is 0 Å². The average Bonchev–Trinajstić information content (AvgIpc) is 2.90. The number of benzene rings is 4. The van der Waals surface area contributed by atoms with Crippen LogP contribution in [0.5, 0.6) is 5.75 Å². The van der Waals surface area contributed by atoms with Gasteiger partial charge in [-0.05, 0) is 94.3 Å². The molecule has 0 saturated carbocycles. The Balaban J connectivity index is 1.39. The smallest absolute Gasteiger partial charge is 0.344 e. The Hall–Kier alpha value is -3.99. The number of amides is 1. The minimum absolute atomic E-state index is 0.000613. The van der Waals surface area contributed by atoms with Crippen LogP contribution in [0.2, 0.25) is 5.02 Å². The van der Waals surface area contributed by atoms with Crippen LogP contribution in [0, 0.1) is 0 Å². The van der Waals surface area contributed by atoms with E-state index >= 15 is 0 Å². The molecule has 11 heteroatoms. The van der Waals surface area contributed by atoms with Gasteiger partial charge in [-0.15, -0.1) is 0 Å². The second-order valence-corrected chi connectivity index (χ2v) is 10.7. The first kappa shape index (κ1) is 27.1. The monoisotopic (exact) mass is 611 g/mol. The highest BCUT2D eigenvalue weighted by atomic mass is 79.9. The molecule has 0 aromatic heterocycles. The molecular weight excluding hydrogens is 594 g/mol. The van der Waals surface area contributed by atoms with Crippen molar-refractivity contribution >= 4 is 61.3 Å². The molecule has 8 nitrogen and oxygen atoms in total. The number of hydrogen-bond acceptors (Lipinski definition) is 6. The average molecular weight is 613 g/mol. The maximum absolute atomic E-state index is 12.7. The number of hydrogen-bond donors (Lipinski definition) is 2. The maximum Gasteiger partial charge on any atom is 0.344 e. The number of hydrazone groups is 1. The Morgan fingerprint density at radius 3 is 2.16 bits per heavy atom. The summed E-state index contributed by atoms with van der Waals surface area (Å²) in [5.74, 6) is -0.778. The third-order valence-electron chi connectivity index (χ3n) is 5.10. The van der Waals surface area contributed by atoms with Crippen molar-refractivity contribution in [3.05, 3.63) is 123 Å². The van der Waals surface area contributed by atoms with Crippen molar-refractivity contribution in [1.29, 1.82) is 0 Å². The first-order valence-corrected chi connectivity index (χ1v) is 13.7. The summed E-state index contributed by atoms with van der Waals surface area (Å²) in [5, 5.41) is 4.34. The third-order valence-corrected chi connectivity index (χ3v) is 7.43. The molecule has 0 atom stereocenters. The molecule has 0 radical (unpaired) electrons.